The van der Waals surface area contributed by atoms with Crippen molar-refractivity contribution in [2.45, 2.75) is 153 Å². The van der Waals surface area contributed by atoms with Crippen molar-refractivity contribution in [1.82, 2.24) is 30.2 Å². The molecule has 5 aliphatic heterocycles. The quantitative estimate of drug-likeness (QED) is 0.0264. The van der Waals surface area contributed by atoms with Gasteiger partial charge in [-0.25, -0.2) is 18.6 Å². The van der Waals surface area contributed by atoms with Gasteiger partial charge in [-0.1, -0.05) is 48.9 Å². The number of imide groups is 1. The standard InChI is InChI=1S/C34H54N6O6.C32H35F2N5O3/c1-26(9-10-32(44)36-24-42)39(25-43)31-8-5-7-27(33(31)37(3)4)19-38-20-30(21-38)46-29(12-16-35-23-41)13-18-45-22-28-11-15-34(2)14-6-17-40(28)34;1-7-24-27(34)14-11-21-9-8-10-25(29(21)24)20(2)36-16-26(28(15-33)37-19-40)30(35-6)38-17-22-12-13-23(18-38)39(22)31(41)42-32(3,4)5/h5,7-8,23-26,28-30H,6,9-22H2,1-4H3,(H,35,41)(H,36,42,44);1,8-11,14,16,22-23,40H,2,6,12-13,15,17-19H2,3-5H3/b;30-26+,36-16?,37-28-/t26?,28?,29?,34-;/m0./s1. The Morgan fingerprint density at radius 1 is 1.00 bits per heavy atom. The minimum atomic E-state index is -1.00. The van der Waals surface area contributed by atoms with Crippen molar-refractivity contribution in [2.75, 3.05) is 89.8 Å². The summed E-state index contributed by atoms with van der Waals surface area (Å²) in [5.41, 5.74) is 3.56. The number of nitrogens with zero attached hydrogens (tertiary/aromatic N) is 9. The molecule has 0 saturated carbocycles. The topological polar surface area (TPSA) is 214 Å². The summed E-state index contributed by atoms with van der Waals surface area (Å²) in [6.45, 7) is 22.2. The zero-order chi connectivity index (χ0) is 63.7. The zero-order valence-corrected chi connectivity index (χ0v) is 52.2. The van der Waals surface area contributed by atoms with Gasteiger partial charge in [-0.15, -0.1) is 6.42 Å². The maximum absolute atomic E-state index is 14.5. The molecule has 88 heavy (non-hydrogen) atoms. The highest BCUT2D eigenvalue weighted by molar-refractivity contribution is 6.18. The number of aliphatic imine (C=N–C) groups is 3. The van der Waals surface area contributed by atoms with Gasteiger partial charge in [0.2, 0.25) is 25.1 Å². The minimum absolute atomic E-state index is 0.0112. The lowest BCUT2D eigenvalue weighted by Gasteiger charge is -2.42. The van der Waals surface area contributed by atoms with Crippen molar-refractivity contribution in [1.29, 1.82) is 0 Å². The number of fused-ring (bicyclic) bond motifs is 4. The molecule has 3 N–H and O–H groups in total. The van der Waals surface area contributed by atoms with E-state index in [1.807, 2.05) is 69.8 Å². The SMILES string of the molecule is C#Cc1c(F)ccc2cccc(C(=C)N=CC(=C(/N=C)N3CC4CCC(C3)N4C(=O)OC(C)(C)C)/C(CF)=N\CO)c12.CC(CCC(=O)NC=O)N(C=O)c1cccc(CN2CC(OC(CCNC=O)CCOCC3CC[C@]4(C)CCCN34)C2)c1N(C)C. The molecule has 476 valence electrons. The van der Waals surface area contributed by atoms with E-state index in [1.165, 1.54) is 44.5 Å². The Kier molecular flexibility index (Phi) is 24.5. The van der Waals surface area contributed by atoms with Crippen molar-refractivity contribution in [3.05, 3.63) is 89.0 Å². The van der Waals surface area contributed by atoms with E-state index in [-0.39, 0.29) is 71.3 Å². The summed E-state index contributed by atoms with van der Waals surface area (Å²) in [6.07, 6.45) is 17.4. The fourth-order valence-corrected chi connectivity index (χ4v) is 13.0. The van der Waals surface area contributed by atoms with Crippen molar-refractivity contribution in [3.8, 4) is 12.3 Å². The molecular weight excluding hydrogens is 1130 g/mol. The van der Waals surface area contributed by atoms with Crippen molar-refractivity contribution in [2.24, 2.45) is 15.0 Å². The van der Waals surface area contributed by atoms with Gasteiger partial charge in [-0.05, 0) is 129 Å². The first-order valence-corrected chi connectivity index (χ1v) is 30.5. The van der Waals surface area contributed by atoms with Gasteiger partial charge in [-0.3, -0.25) is 49.2 Å². The number of para-hydroxylation sites is 1. The van der Waals surface area contributed by atoms with Crippen LogP contribution < -0.4 is 20.4 Å². The smallest absolute Gasteiger partial charge is 0.410 e. The van der Waals surface area contributed by atoms with Gasteiger partial charge in [0, 0.05) is 101 Å². The number of carbonyl (C=O) groups excluding carboxylic acids is 5. The molecule has 22 heteroatoms. The summed E-state index contributed by atoms with van der Waals surface area (Å²) in [7, 11) is 3.93. The number of piperazine rings is 1. The van der Waals surface area contributed by atoms with Crippen LogP contribution >= 0.6 is 0 Å². The Hall–Kier alpha value is -7.42. The number of terminal acetylenes is 1. The number of aliphatic hydroxyl groups excluding tert-OH is 1. The van der Waals surface area contributed by atoms with E-state index in [2.05, 4.69) is 67.6 Å². The number of carbonyl (C=O) groups is 5. The summed E-state index contributed by atoms with van der Waals surface area (Å²) < 4.78 is 47.1. The van der Waals surface area contributed by atoms with Crippen LogP contribution in [0.25, 0.3) is 16.5 Å². The molecule has 0 spiro atoms. The van der Waals surface area contributed by atoms with Crippen LogP contribution in [0.1, 0.15) is 116 Å². The van der Waals surface area contributed by atoms with Crippen LogP contribution in [0.2, 0.25) is 0 Å². The fourth-order valence-electron chi connectivity index (χ4n) is 13.0. The lowest BCUT2D eigenvalue weighted by molar-refractivity contribution is -0.125. The molecule has 6 atom stereocenters. The summed E-state index contributed by atoms with van der Waals surface area (Å²) in [5.74, 6) is 1.82. The molecule has 5 unspecified atom stereocenters. The first kappa shape index (κ1) is 68.1. The Morgan fingerprint density at radius 3 is 2.39 bits per heavy atom. The Balaban J connectivity index is 0.000000252. The highest BCUT2D eigenvalue weighted by atomic mass is 19.1. The van der Waals surface area contributed by atoms with Gasteiger partial charge in [0.1, 0.15) is 30.6 Å². The molecule has 0 aromatic heterocycles. The number of hydrogen-bond acceptors (Lipinski definition) is 16. The Morgan fingerprint density at radius 2 is 1.74 bits per heavy atom. The lowest BCUT2D eigenvalue weighted by atomic mass is 9.97. The summed E-state index contributed by atoms with van der Waals surface area (Å²) in [4.78, 5) is 83.4. The van der Waals surface area contributed by atoms with Crippen LogP contribution in [0.3, 0.4) is 0 Å². The molecule has 20 nitrogen and oxygen atoms in total. The molecule has 5 saturated heterocycles. The van der Waals surface area contributed by atoms with Crippen LogP contribution in [-0.4, -0.2) is 202 Å². The number of nitrogens with one attached hydrogen (secondary N) is 2. The van der Waals surface area contributed by atoms with Gasteiger partial charge in [0.05, 0.1) is 64.8 Å². The lowest BCUT2D eigenvalue weighted by Crippen LogP contribution is -2.56. The predicted octanol–water partition coefficient (Wildman–Crippen LogP) is 7.64. The van der Waals surface area contributed by atoms with E-state index in [1.54, 1.807) is 28.0 Å². The van der Waals surface area contributed by atoms with Gasteiger partial charge in [-0.2, -0.15) is 0 Å². The second-order valence-electron chi connectivity index (χ2n) is 24.7. The van der Waals surface area contributed by atoms with Crippen molar-refractivity contribution >= 4 is 77.7 Å². The van der Waals surface area contributed by atoms with Crippen LogP contribution in [0.4, 0.5) is 25.0 Å². The molecule has 0 radical (unpaired) electrons. The number of hydrogen-bond donors (Lipinski definition) is 3. The van der Waals surface area contributed by atoms with Crippen LogP contribution in [0.5, 0.6) is 0 Å². The molecule has 8 rings (SSSR count). The third-order valence-corrected chi connectivity index (χ3v) is 17.3. The number of halogens is 2. The number of alkyl halides is 1. The summed E-state index contributed by atoms with van der Waals surface area (Å²) in [6, 6.07) is 14.2. The number of allylic oxidation sites excluding steroid dienone is 1. The number of amides is 5. The number of aliphatic hydroxyl groups is 1. The van der Waals surface area contributed by atoms with Gasteiger partial charge >= 0.3 is 6.09 Å². The molecule has 5 heterocycles. The fraction of sp³-hybridized carbons (Fsp3) is 0.545. The Labute approximate surface area is 517 Å². The third kappa shape index (κ3) is 17.0. The number of anilines is 2. The molecule has 3 aromatic carbocycles. The highest BCUT2D eigenvalue weighted by Gasteiger charge is 2.47. The van der Waals surface area contributed by atoms with Gasteiger partial charge in [0.15, 0.2) is 0 Å². The van der Waals surface area contributed by atoms with Crippen molar-refractivity contribution in [3.63, 3.8) is 0 Å². The second kappa shape index (κ2) is 31.7. The average molecular weight is 1220 g/mol. The largest absolute Gasteiger partial charge is 0.444 e. The molecule has 2 bridgehead atoms. The average Bonchev–Trinajstić information content (AvgIpc) is 3.03. The summed E-state index contributed by atoms with van der Waals surface area (Å²) >= 11 is 0. The molecule has 0 aliphatic carbocycles. The van der Waals surface area contributed by atoms with Crippen LogP contribution in [0.15, 0.2) is 81.5 Å². The van der Waals surface area contributed by atoms with E-state index in [0.29, 0.717) is 79.4 Å². The molecule has 5 amide bonds. The number of ether oxygens (including phenoxy) is 3. The monoisotopic (exact) mass is 1220 g/mol. The van der Waals surface area contributed by atoms with E-state index in [0.717, 1.165) is 75.1 Å². The first-order valence-electron chi connectivity index (χ1n) is 30.5. The zero-order valence-electron chi connectivity index (χ0n) is 52.2. The maximum Gasteiger partial charge on any atom is 0.410 e. The summed E-state index contributed by atoms with van der Waals surface area (Å²) in [5, 5.41) is 15.6. The maximum atomic E-state index is 14.5. The Bertz CT molecular complexity index is 3090. The van der Waals surface area contributed by atoms with E-state index in [9.17, 15) is 37.9 Å². The van der Waals surface area contributed by atoms with Gasteiger partial charge < -0.3 is 39.3 Å². The number of rotatable bonds is 29. The number of likely N-dealkylation sites (tertiary alicyclic amines) is 2. The molecule has 5 aliphatic rings. The van der Waals surface area contributed by atoms with Crippen LogP contribution in [-0.2, 0) is 39.9 Å². The second-order valence-corrected chi connectivity index (χ2v) is 24.7. The minimum Gasteiger partial charge on any atom is -0.444 e. The van der Waals surface area contributed by atoms with Crippen molar-refractivity contribution < 1.29 is 52.1 Å². The van der Waals surface area contributed by atoms with Crippen LogP contribution in [0, 0.1) is 18.2 Å². The normalized spacial score (nSPS) is 21.3. The van der Waals surface area contributed by atoms with E-state index >= 15 is 0 Å². The highest BCUT2D eigenvalue weighted by Crippen LogP contribution is 2.42. The van der Waals surface area contributed by atoms with Gasteiger partial charge in [0.25, 0.3) is 0 Å². The first-order chi connectivity index (χ1) is 42.2. The third-order valence-electron chi connectivity index (χ3n) is 17.3. The molecule has 3 aromatic rings. The molecule has 5 fully saturated rings. The van der Waals surface area contributed by atoms with E-state index < -0.39 is 24.8 Å². The predicted molar refractivity (Wildman–Crippen MR) is 341 cm³/mol. The van der Waals surface area contributed by atoms with E-state index in [4.69, 9.17) is 20.6 Å². The molecular formula is C66H89F2N11O9. The number of benzene rings is 3.